The highest BCUT2D eigenvalue weighted by atomic mass is 79.9. The maximum Gasteiger partial charge on any atom is 0.0701 e. The molecule has 13 heavy (non-hydrogen) atoms. The van der Waals surface area contributed by atoms with Crippen LogP contribution >= 0.6 is 27.3 Å². The maximum absolute atomic E-state index is 3.54. The van der Waals surface area contributed by atoms with E-state index in [4.69, 9.17) is 0 Å². The van der Waals surface area contributed by atoms with Crippen LogP contribution in [0.4, 0.5) is 0 Å². The van der Waals surface area contributed by atoms with Gasteiger partial charge in [0, 0.05) is 17.5 Å². The van der Waals surface area contributed by atoms with E-state index in [2.05, 4.69) is 47.2 Å². The van der Waals surface area contributed by atoms with Gasteiger partial charge in [-0.2, -0.15) is 0 Å². The van der Waals surface area contributed by atoms with Gasteiger partial charge in [-0.25, -0.2) is 0 Å². The van der Waals surface area contributed by atoms with Gasteiger partial charge in [0.2, 0.25) is 0 Å². The molecular formula is C10H16BrNS. The molecule has 0 aliphatic carbocycles. The highest BCUT2D eigenvalue weighted by Crippen LogP contribution is 2.21. The maximum atomic E-state index is 3.54. The van der Waals surface area contributed by atoms with Crippen LogP contribution in [0.3, 0.4) is 0 Å². The van der Waals surface area contributed by atoms with Crippen molar-refractivity contribution in [2.24, 2.45) is 0 Å². The molecule has 0 saturated heterocycles. The van der Waals surface area contributed by atoms with E-state index in [9.17, 15) is 0 Å². The Morgan fingerprint density at radius 3 is 2.54 bits per heavy atom. The molecule has 1 heterocycles. The average molecular weight is 262 g/mol. The Balaban J connectivity index is 2.33. The predicted molar refractivity (Wildman–Crippen MR) is 63.2 cm³/mol. The monoisotopic (exact) mass is 261 g/mol. The van der Waals surface area contributed by atoms with E-state index >= 15 is 0 Å². The largest absolute Gasteiger partial charge is 0.309 e. The van der Waals surface area contributed by atoms with E-state index in [0.717, 1.165) is 6.54 Å². The van der Waals surface area contributed by atoms with E-state index in [1.165, 1.54) is 21.5 Å². The van der Waals surface area contributed by atoms with E-state index < -0.39 is 0 Å². The average Bonchev–Trinajstić information content (AvgIpc) is 2.53. The van der Waals surface area contributed by atoms with Crippen molar-refractivity contribution < 1.29 is 0 Å². The standard InChI is InChI=1S/C10H16BrNS/c1-3-8(4-2)12-7-9-5-6-10(11)13-9/h5-6,8,12H,3-4,7H2,1-2H3. The van der Waals surface area contributed by atoms with Crippen molar-refractivity contribution >= 4 is 27.3 Å². The zero-order chi connectivity index (χ0) is 9.68. The molecule has 0 fully saturated rings. The molecule has 0 spiro atoms. The van der Waals surface area contributed by atoms with Crippen LogP contribution in [0, 0.1) is 0 Å². The van der Waals surface area contributed by atoms with Crippen molar-refractivity contribution in [1.29, 1.82) is 0 Å². The van der Waals surface area contributed by atoms with E-state index in [1.54, 1.807) is 11.3 Å². The fourth-order valence-corrected chi connectivity index (χ4v) is 2.70. The smallest absolute Gasteiger partial charge is 0.0701 e. The van der Waals surface area contributed by atoms with Gasteiger partial charge in [0.05, 0.1) is 3.79 Å². The first-order chi connectivity index (χ1) is 6.26. The molecule has 0 aliphatic rings. The molecular weight excluding hydrogens is 246 g/mol. The summed E-state index contributed by atoms with van der Waals surface area (Å²) in [6, 6.07) is 4.94. The Bertz CT molecular complexity index is 243. The summed E-state index contributed by atoms with van der Waals surface area (Å²) in [7, 11) is 0. The van der Waals surface area contributed by atoms with Gasteiger partial charge in [0.15, 0.2) is 0 Å². The summed E-state index contributed by atoms with van der Waals surface area (Å²) in [4.78, 5) is 1.40. The Kier molecular flexibility index (Phi) is 4.99. The summed E-state index contributed by atoms with van der Waals surface area (Å²) in [6.45, 7) is 5.46. The molecule has 0 aliphatic heterocycles. The number of hydrogen-bond donors (Lipinski definition) is 1. The van der Waals surface area contributed by atoms with Gasteiger partial charge < -0.3 is 5.32 Å². The lowest BCUT2D eigenvalue weighted by Crippen LogP contribution is -2.26. The van der Waals surface area contributed by atoms with Crippen LogP contribution in [0.15, 0.2) is 15.9 Å². The number of hydrogen-bond acceptors (Lipinski definition) is 2. The minimum Gasteiger partial charge on any atom is -0.309 e. The van der Waals surface area contributed by atoms with Crippen LogP contribution < -0.4 is 5.32 Å². The van der Waals surface area contributed by atoms with Crippen LogP contribution in [0.5, 0.6) is 0 Å². The third-order valence-corrected chi connectivity index (χ3v) is 3.80. The Morgan fingerprint density at radius 1 is 1.38 bits per heavy atom. The van der Waals surface area contributed by atoms with Crippen LogP contribution in [0.25, 0.3) is 0 Å². The molecule has 0 unspecified atom stereocenters. The predicted octanol–water partition coefficient (Wildman–Crippen LogP) is 3.79. The Labute approximate surface area is 92.7 Å². The van der Waals surface area contributed by atoms with Crippen molar-refractivity contribution in [3.63, 3.8) is 0 Å². The SMILES string of the molecule is CCC(CC)NCc1ccc(Br)s1. The zero-order valence-corrected chi connectivity index (χ0v) is 10.5. The topological polar surface area (TPSA) is 12.0 Å². The Hall–Kier alpha value is 0.140. The van der Waals surface area contributed by atoms with Crippen molar-refractivity contribution in [3.05, 3.63) is 20.8 Å². The summed E-state index contributed by atoms with van der Waals surface area (Å²) in [6.07, 6.45) is 2.42. The minimum absolute atomic E-state index is 0.667. The lowest BCUT2D eigenvalue weighted by atomic mass is 10.2. The van der Waals surface area contributed by atoms with Crippen LogP contribution in [0.2, 0.25) is 0 Å². The molecule has 0 bridgehead atoms. The number of thiophene rings is 1. The number of rotatable bonds is 5. The quantitative estimate of drug-likeness (QED) is 0.851. The fraction of sp³-hybridized carbons (Fsp3) is 0.600. The summed E-state index contributed by atoms with van der Waals surface area (Å²) in [5, 5.41) is 3.54. The molecule has 0 radical (unpaired) electrons. The van der Waals surface area contributed by atoms with Gasteiger partial charge in [-0.1, -0.05) is 13.8 Å². The van der Waals surface area contributed by atoms with Crippen molar-refractivity contribution in [1.82, 2.24) is 5.32 Å². The molecule has 1 N–H and O–H groups in total. The van der Waals surface area contributed by atoms with Gasteiger partial charge in [-0.15, -0.1) is 11.3 Å². The second-order valence-electron chi connectivity index (χ2n) is 3.10. The van der Waals surface area contributed by atoms with Gasteiger partial charge in [0.1, 0.15) is 0 Å². The first kappa shape index (κ1) is 11.2. The lowest BCUT2D eigenvalue weighted by molar-refractivity contribution is 0.486. The summed E-state index contributed by atoms with van der Waals surface area (Å²) in [5.41, 5.74) is 0. The zero-order valence-electron chi connectivity index (χ0n) is 8.14. The first-order valence-electron chi connectivity index (χ1n) is 4.73. The molecule has 74 valence electrons. The van der Waals surface area contributed by atoms with E-state index in [-0.39, 0.29) is 0 Å². The first-order valence-corrected chi connectivity index (χ1v) is 6.34. The van der Waals surface area contributed by atoms with Gasteiger partial charge in [-0.3, -0.25) is 0 Å². The van der Waals surface area contributed by atoms with Crippen molar-refractivity contribution in [2.75, 3.05) is 0 Å². The number of halogens is 1. The second kappa shape index (κ2) is 5.78. The molecule has 0 saturated carbocycles. The second-order valence-corrected chi connectivity index (χ2v) is 5.65. The Morgan fingerprint density at radius 2 is 2.08 bits per heavy atom. The summed E-state index contributed by atoms with van der Waals surface area (Å²) in [5.74, 6) is 0. The minimum atomic E-state index is 0.667. The molecule has 1 rings (SSSR count). The molecule has 0 aromatic carbocycles. The van der Waals surface area contributed by atoms with Crippen LogP contribution in [0.1, 0.15) is 31.6 Å². The van der Waals surface area contributed by atoms with E-state index in [1.807, 2.05) is 0 Å². The molecule has 0 atom stereocenters. The van der Waals surface area contributed by atoms with Gasteiger partial charge >= 0.3 is 0 Å². The molecule has 1 aromatic rings. The van der Waals surface area contributed by atoms with Crippen molar-refractivity contribution in [2.45, 2.75) is 39.3 Å². The molecule has 3 heteroatoms. The molecule has 0 amide bonds. The summed E-state index contributed by atoms with van der Waals surface area (Å²) < 4.78 is 1.22. The number of nitrogens with one attached hydrogen (secondary N) is 1. The van der Waals surface area contributed by atoms with E-state index in [0.29, 0.717) is 6.04 Å². The molecule has 1 aromatic heterocycles. The summed E-state index contributed by atoms with van der Waals surface area (Å²) >= 11 is 5.27. The normalized spacial score (nSPS) is 11.1. The van der Waals surface area contributed by atoms with Crippen molar-refractivity contribution in [3.8, 4) is 0 Å². The lowest BCUT2D eigenvalue weighted by Gasteiger charge is -2.13. The third-order valence-electron chi connectivity index (χ3n) is 2.18. The van der Waals surface area contributed by atoms with Gasteiger partial charge in [-0.05, 0) is 40.9 Å². The fourth-order valence-electron chi connectivity index (χ4n) is 1.27. The highest BCUT2D eigenvalue weighted by molar-refractivity contribution is 9.11. The van der Waals surface area contributed by atoms with Crippen LogP contribution in [-0.4, -0.2) is 6.04 Å². The van der Waals surface area contributed by atoms with Gasteiger partial charge in [0.25, 0.3) is 0 Å². The van der Waals surface area contributed by atoms with Crippen LogP contribution in [-0.2, 0) is 6.54 Å². The molecule has 1 nitrogen and oxygen atoms in total. The highest BCUT2D eigenvalue weighted by Gasteiger charge is 2.03. The third kappa shape index (κ3) is 3.79.